The molecular formula is C13H14ClN. The minimum absolute atomic E-state index is 0.266. The van der Waals surface area contributed by atoms with Gasteiger partial charge in [0.05, 0.1) is 6.07 Å². The molecule has 2 heteroatoms. The largest absolute Gasteiger partial charge is 0.198 e. The van der Waals surface area contributed by atoms with Crippen LogP contribution in [0, 0.1) is 11.3 Å². The van der Waals surface area contributed by atoms with Gasteiger partial charge in [-0.15, -0.1) is 0 Å². The number of benzene rings is 1. The van der Waals surface area contributed by atoms with Crippen molar-refractivity contribution < 1.29 is 0 Å². The number of hydrogen-bond acceptors (Lipinski definition) is 1. The van der Waals surface area contributed by atoms with Crippen molar-refractivity contribution in [3.63, 3.8) is 0 Å². The molecule has 78 valence electrons. The molecule has 15 heavy (non-hydrogen) atoms. The molecule has 0 aliphatic heterocycles. The van der Waals surface area contributed by atoms with Gasteiger partial charge in [0, 0.05) is 17.4 Å². The van der Waals surface area contributed by atoms with E-state index in [1.807, 2.05) is 31.2 Å². The van der Waals surface area contributed by atoms with E-state index in [9.17, 15) is 0 Å². The highest BCUT2D eigenvalue weighted by atomic mass is 35.5. The summed E-state index contributed by atoms with van der Waals surface area (Å²) in [6.45, 7) is 5.96. The molecular weight excluding hydrogens is 206 g/mol. The third kappa shape index (κ3) is 3.42. The third-order valence-corrected chi connectivity index (χ3v) is 2.66. The Morgan fingerprint density at radius 3 is 2.53 bits per heavy atom. The lowest BCUT2D eigenvalue weighted by atomic mass is 9.89. The number of nitrogens with zero attached hydrogens (tertiary/aromatic N) is 1. The molecule has 1 rings (SSSR count). The number of allylic oxidation sites excluding steroid dienone is 1. The van der Waals surface area contributed by atoms with Crippen molar-refractivity contribution in [3.8, 4) is 6.07 Å². The molecule has 1 aromatic carbocycles. The van der Waals surface area contributed by atoms with Gasteiger partial charge in [0.15, 0.2) is 0 Å². The van der Waals surface area contributed by atoms with Crippen molar-refractivity contribution >= 4 is 11.6 Å². The second-order valence-corrected chi connectivity index (χ2v) is 4.08. The summed E-state index contributed by atoms with van der Waals surface area (Å²) in [6, 6.07) is 9.91. The third-order valence-electron chi connectivity index (χ3n) is 2.41. The molecule has 1 aromatic rings. The summed E-state index contributed by atoms with van der Waals surface area (Å²) in [5.74, 6) is 0.266. The topological polar surface area (TPSA) is 23.8 Å². The van der Waals surface area contributed by atoms with Crippen molar-refractivity contribution in [2.45, 2.75) is 25.7 Å². The predicted octanol–water partition coefficient (Wildman–Crippen LogP) is 4.30. The molecule has 0 radical (unpaired) electrons. The molecule has 0 spiro atoms. The quantitative estimate of drug-likeness (QED) is 0.693. The second kappa shape index (κ2) is 5.58. The molecule has 0 heterocycles. The van der Waals surface area contributed by atoms with Crippen molar-refractivity contribution in [1.29, 1.82) is 5.26 Å². The molecule has 0 amide bonds. The maximum atomic E-state index is 8.59. The van der Waals surface area contributed by atoms with E-state index in [0.717, 1.165) is 17.0 Å². The zero-order valence-electron chi connectivity index (χ0n) is 8.83. The van der Waals surface area contributed by atoms with Crippen LogP contribution in [-0.4, -0.2) is 0 Å². The average molecular weight is 220 g/mol. The molecule has 1 atom stereocenters. The predicted molar refractivity (Wildman–Crippen MR) is 63.9 cm³/mol. The van der Waals surface area contributed by atoms with Crippen molar-refractivity contribution in [2.75, 3.05) is 0 Å². The summed E-state index contributed by atoms with van der Waals surface area (Å²) in [7, 11) is 0. The lowest BCUT2D eigenvalue weighted by molar-refractivity contribution is 0.721. The van der Waals surface area contributed by atoms with Crippen LogP contribution in [0.3, 0.4) is 0 Å². The van der Waals surface area contributed by atoms with Crippen LogP contribution in [0.5, 0.6) is 0 Å². The zero-order valence-corrected chi connectivity index (χ0v) is 9.59. The first-order valence-corrected chi connectivity index (χ1v) is 5.30. The number of rotatable bonds is 4. The van der Waals surface area contributed by atoms with Gasteiger partial charge in [-0.05, 0) is 31.0 Å². The number of halogens is 1. The first kappa shape index (κ1) is 11.8. The lowest BCUT2D eigenvalue weighted by Crippen LogP contribution is -1.99. The van der Waals surface area contributed by atoms with E-state index in [1.54, 1.807) is 0 Å². The molecule has 0 N–H and O–H groups in total. The SMILES string of the molecule is C=C(C)C(CCC#N)c1ccc(Cl)cc1. The van der Waals surface area contributed by atoms with E-state index in [0.29, 0.717) is 6.42 Å². The first-order chi connectivity index (χ1) is 7.15. The van der Waals surface area contributed by atoms with Crippen LogP contribution in [0.15, 0.2) is 36.4 Å². The van der Waals surface area contributed by atoms with Gasteiger partial charge in [-0.3, -0.25) is 0 Å². The minimum Gasteiger partial charge on any atom is -0.198 e. The fraction of sp³-hybridized carbons (Fsp3) is 0.308. The average Bonchev–Trinajstić information content (AvgIpc) is 2.21. The Balaban J connectivity index is 2.85. The van der Waals surface area contributed by atoms with Gasteiger partial charge in [-0.1, -0.05) is 35.9 Å². The van der Waals surface area contributed by atoms with Crippen LogP contribution < -0.4 is 0 Å². The Bertz CT molecular complexity index is 373. The van der Waals surface area contributed by atoms with Gasteiger partial charge < -0.3 is 0 Å². The van der Waals surface area contributed by atoms with Gasteiger partial charge in [0.1, 0.15) is 0 Å². The highest BCUT2D eigenvalue weighted by molar-refractivity contribution is 6.30. The van der Waals surface area contributed by atoms with Crippen molar-refractivity contribution in [1.82, 2.24) is 0 Å². The number of hydrogen-bond donors (Lipinski definition) is 0. The monoisotopic (exact) mass is 219 g/mol. The molecule has 0 fully saturated rings. The van der Waals surface area contributed by atoms with Crippen molar-refractivity contribution in [3.05, 3.63) is 47.0 Å². The maximum Gasteiger partial charge on any atom is 0.0622 e. The molecule has 0 aliphatic carbocycles. The highest BCUT2D eigenvalue weighted by Gasteiger charge is 2.11. The molecule has 1 unspecified atom stereocenters. The Morgan fingerprint density at radius 1 is 1.47 bits per heavy atom. The summed E-state index contributed by atoms with van der Waals surface area (Å²) >= 11 is 5.83. The van der Waals surface area contributed by atoms with Crippen LogP contribution in [0.2, 0.25) is 5.02 Å². The van der Waals surface area contributed by atoms with Crippen LogP contribution in [-0.2, 0) is 0 Å². The van der Waals surface area contributed by atoms with Crippen LogP contribution in [0.4, 0.5) is 0 Å². The Labute approximate surface area is 96.0 Å². The van der Waals surface area contributed by atoms with E-state index in [-0.39, 0.29) is 5.92 Å². The van der Waals surface area contributed by atoms with Gasteiger partial charge in [-0.25, -0.2) is 0 Å². The van der Waals surface area contributed by atoms with Gasteiger partial charge >= 0.3 is 0 Å². The van der Waals surface area contributed by atoms with Crippen LogP contribution >= 0.6 is 11.6 Å². The van der Waals surface area contributed by atoms with Crippen LogP contribution in [0.1, 0.15) is 31.2 Å². The minimum atomic E-state index is 0.266. The summed E-state index contributed by atoms with van der Waals surface area (Å²) < 4.78 is 0. The normalized spacial score (nSPS) is 11.8. The molecule has 0 bridgehead atoms. The first-order valence-electron chi connectivity index (χ1n) is 4.93. The summed E-state index contributed by atoms with van der Waals surface area (Å²) in [6.07, 6.45) is 1.38. The Kier molecular flexibility index (Phi) is 4.39. The number of nitriles is 1. The summed E-state index contributed by atoms with van der Waals surface area (Å²) in [5.41, 5.74) is 2.27. The fourth-order valence-electron chi connectivity index (χ4n) is 1.60. The van der Waals surface area contributed by atoms with E-state index in [1.165, 1.54) is 5.56 Å². The van der Waals surface area contributed by atoms with Crippen LogP contribution in [0.25, 0.3) is 0 Å². The second-order valence-electron chi connectivity index (χ2n) is 3.65. The summed E-state index contributed by atoms with van der Waals surface area (Å²) in [5, 5.41) is 9.32. The van der Waals surface area contributed by atoms with E-state index >= 15 is 0 Å². The smallest absolute Gasteiger partial charge is 0.0622 e. The zero-order chi connectivity index (χ0) is 11.3. The summed E-state index contributed by atoms with van der Waals surface area (Å²) in [4.78, 5) is 0. The molecule has 0 aromatic heterocycles. The fourth-order valence-corrected chi connectivity index (χ4v) is 1.73. The van der Waals surface area contributed by atoms with Gasteiger partial charge in [-0.2, -0.15) is 5.26 Å². The van der Waals surface area contributed by atoms with E-state index in [2.05, 4.69) is 12.6 Å². The molecule has 0 saturated carbocycles. The highest BCUT2D eigenvalue weighted by Crippen LogP contribution is 2.28. The molecule has 0 saturated heterocycles. The standard InChI is InChI=1S/C13H14ClN/c1-10(2)13(4-3-9-15)11-5-7-12(14)8-6-11/h5-8,13H,1,3-4H2,2H3. The lowest BCUT2D eigenvalue weighted by Gasteiger charge is -2.15. The van der Waals surface area contributed by atoms with Crippen molar-refractivity contribution in [2.24, 2.45) is 0 Å². The Morgan fingerprint density at radius 2 is 2.07 bits per heavy atom. The van der Waals surface area contributed by atoms with E-state index in [4.69, 9.17) is 16.9 Å². The van der Waals surface area contributed by atoms with Gasteiger partial charge in [0.2, 0.25) is 0 Å². The van der Waals surface area contributed by atoms with E-state index < -0.39 is 0 Å². The van der Waals surface area contributed by atoms with Gasteiger partial charge in [0.25, 0.3) is 0 Å². The molecule has 1 nitrogen and oxygen atoms in total. The molecule has 0 aliphatic rings. The maximum absolute atomic E-state index is 8.59. The Hall–Kier alpha value is -1.26.